The van der Waals surface area contributed by atoms with E-state index in [1.807, 2.05) is 48.5 Å². The Balaban J connectivity index is 2.20. The average molecular weight is 265 g/mol. The fourth-order valence-corrected chi connectivity index (χ4v) is 1.64. The fourth-order valence-electron chi connectivity index (χ4n) is 1.64. The maximum absolute atomic E-state index is 11.5. The van der Waals surface area contributed by atoms with Crippen LogP contribution in [0.3, 0.4) is 0 Å². The van der Waals surface area contributed by atoms with Crippen molar-refractivity contribution in [3.05, 3.63) is 65.7 Å². The van der Waals surface area contributed by atoms with Gasteiger partial charge in [0.25, 0.3) is 0 Å². The normalized spacial score (nSPS) is 9.25. The number of ether oxygens (including phenoxy) is 1. The second-order valence-electron chi connectivity index (χ2n) is 4.01. The number of carbonyl (C=O) groups excluding carboxylic acids is 1. The van der Waals surface area contributed by atoms with E-state index in [9.17, 15) is 4.79 Å². The number of amides is 1. The predicted octanol–water partition coefficient (Wildman–Crippen LogP) is 3.65. The lowest BCUT2D eigenvalue weighted by molar-refractivity contribution is 0.168. The van der Waals surface area contributed by atoms with Crippen molar-refractivity contribution in [1.82, 2.24) is 0 Å². The summed E-state index contributed by atoms with van der Waals surface area (Å²) in [5.74, 6) is 6.12. The molecule has 0 heterocycles. The quantitative estimate of drug-likeness (QED) is 0.842. The van der Waals surface area contributed by atoms with Gasteiger partial charge in [-0.15, -0.1) is 0 Å². The Bertz CT molecular complexity index is 639. The van der Waals surface area contributed by atoms with Gasteiger partial charge < -0.3 is 4.74 Å². The van der Waals surface area contributed by atoms with Gasteiger partial charge in [0, 0.05) is 11.1 Å². The molecule has 0 radical (unpaired) electrons. The molecule has 0 atom stereocenters. The van der Waals surface area contributed by atoms with Gasteiger partial charge in [0.1, 0.15) is 0 Å². The molecular formula is C17H15NO2. The molecule has 2 rings (SSSR count). The molecule has 1 amide bonds. The molecule has 2 aromatic carbocycles. The second-order valence-corrected chi connectivity index (χ2v) is 4.01. The molecule has 0 saturated heterocycles. The molecule has 0 aliphatic rings. The van der Waals surface area contributed by atoms with Crippen molar-refractivity contribution in [1.29, 1.82) is 0 Å². The molecule has 3 nitrogen and oxygen atoms in total. The zero-order valence-corrected chi connectivity index (χ0v) is 11.2. The van der Waals surface area contributed by atoms with Crippen molar-refractivity contribution < 1.29 is 9.53 Å². The first kappa shape index (κ1) is 13.7. The van der Waals surface area contributed by atoms with Crippen molar-refractivity contribution in [2.24, 2.45) is 0 Å². The third-order valence-corrected chi connectivity index (χ3v) is 2.55. The van der Waals surface area contributed by atoms with E-state index in [1.54, 1.807) is 13.0 Å². The first-order valence-corrected chi connectivity index (χ1v) is 6.39. The van der Waals surface area contributed by atoms with Crippen molar-refractivity contribution in [2.75, 3.05) is 11.9 Å². The molecule has 0 fully saturated rings. The number of rotatable bonds is 2. The number of hydrogen-bond acceptors (Lipinski definition) is 2. The smallest absolute Gasteiger partial charge is 0.411 e. The van der Waals surface area contributed by atoms with E-state index in [0.717, 1.165) is 11.1 Å². The van der Waals surface area contributed by atoms with Gasteiger partial charge in [-0.1, -0.05) is 42.2 Å². The summed E-state index contributed by atoms with van der Waals surface area (Å²) in [6.45, 7) is 2.10. The fraction of sp³-hybridized carbons (Fsp3) is 0.118. The first-order valence-electron chi connectivity index (χ1n) is 6.39. The number of para-hydroxylation sites is 1. The van der Waals surface area contributed by atoms with Crippen LogP contribution in [0.2, 0.25) is 0 Å². The number of hydrogen-bond donors (Lipinski definition) is 1. The zero-order chi connectivity index (χ0) is 14.2. The highest BCUT2D eigenvalue weighted by atomic mass is 16.5. The molecule has 1 N–H and O–H groups in total. The summed E-state index contributed by atoms with van der Waals surface area (Å²) in [7, 11) is 0. The lowest BCUT2D eigenvalue weighted by Crippen LogP contribution is -2.14. The largest absolute Gasteiger partial charge is 0.450 e. The lowest BCUT2D eigenvalue weighted by atomic mass is 10.1. The van der Waals surface area contributed by atoms with Crippen molar-refractivity contribution >= 4 is 11.8 Å². The molecule has 0 unspecified atom stereocenters. The van der Waals surface area contributed by atoms with Crippen LogP contribution < -0.4 is 5.32 Å². The van der Waals surface area contributed by atoms with E-state index in [-0.39, 0.29) is 0 Å². The Morgan fingerprint density at radius 1 is 1.05 bits per heavy atom. The third-order valence-electron chi connectivity index (χ3n) is 2.55. The van der Waals surface area contributed by atoms with Gasteiger partial charge in [-0.3, -0.25) is 5.32 Å². The summed E-state index contributed by atoms with van der Waals surface area (Å²) in [6, 6.07) is 17.1. The minimum atomic E-state index is -0.471. The third kappa shape index (κ3) is 3.89. The number of benzene rings is 2. The van der Waals surface area contributed by atoms with Crippen LogP contribution in [0.15, 0.2) is 54.6 Å². The SMILES string of the molecule is CCOC(=O)Nc1ccccc1C#Cc1ccccc1. The van der Waals surface area contributed by atoms with Crippen LogP contribution in [-0.4, -0.2) is 12.7 Å². The molecule has 0 aliphatic carbocycles. The van der Waals surface area contributed by atoms with Gasteiger partial charge >= 0.3 is 6.09 Å². The van der Waals surface area contributed by atoms with Crippen molar-refractivity contribution in [2.45, 2.75) is 6.92 Å². The van der Waals surface area contributed by atoms with Crippen molar-refractivity contribution in [3.63, 3.8) is 0 Å². The molecule has 0 spiro atoms. The van der Waals surface area contributed by atoms with Crippen LogP contribution >= 0.6 is 0 Å². The van der Waals surface area contributed by atoms with Crippen LogP contribution in [0, 0.1) is 11.8 Å². The zero-order valence-electron chi connectivity index (χ0n) is 11.2. The van der Waals surface area contributed by atoms with Gasteiger partial charge in [-0.05, 0) is 31.2 Å². The second kappa shape index (κ2) is 7.01. The van der Waals surface area contributed by atoms with Crippen LogP contribution in [0.4, 0.5) is 10.5 Å². The summed E-state index contributed by atoms with van der Waals surface area (Å²) in [5, 5.41) is 2.68. The highest BCUT2D eigenvalue weighted by Crippen LogP contribution is 2.14. The summed E-state index contributed by atoms with van der Waals surface area (Å²) >= 11 is 0. The molecule has 0 bridgehead atoms. The van der Waals surface area contributed by atoms with Crippen LogP contribution in [0.25, 0.3) is 0 Å². The van der Waals surface area contributed by atoms with E-state index in [2.05, 4.69) is 17.2 Å². The monoisotopic (exact) mass is 265 g/mol. The molecule has 3 heteroatoms. The van der Waals surface area contributed by atoms with Gasteiger partial charge in [0.15, 0.2) is 0 Å². The first-order chi connectivity index (χ1) is 9.79. The van der Waals surface area contributed by atoms with Crippen molar-refractivity contribution in [3.8, 4) is 11.8 Å². The van der Waals surface area contributed by atoms with E-state index in [1.165, 1.54) is 0 Å². The predicted molar refractivity (Wildman–Crippen MR) is 79.5 cm³/mol. The maximum Gasteiger partial charge on any atom is 0.411 e. The Kier molecular flexibility index (Phi) is 4.80. The number of anilines is 1. The summed E-state index contributed by atoms with van der Waals surface area (Å²) in [5.41, 5.74) is 2.33. The summed E-state index contributed by atoms with van der Waals surface area (Å²) in [6.07, 6.45) is -0.471. The Hall–Kier alpha value is -2.73. The molecule has 20 heavy (non-hydrogen) atoms. The highest BCUT2D eigenvalue weighted by Gasteiger charge is 2.04. The van der Waals surface area contributed by atoms with E-state index < -0.39 is 6.09 Å². The Morgan fingerprint density at radius 3 is 2.50 bits per heavy atom. The lowest BCUT2D eigenvalue weighted by Gasteiger charge is -2.06. The van der Waals surface area contributed by atoms with E-state index in [0.29, 0.717) is 12.3 Å². The van der Waals surface area contributed by atoms with Crippen LogP contribution in [0.5, 0.6) is 0 Å². The molecule has 0 aliphatic heterocycles. The Labute approximate surface area is 118 Å². The summed E-state index contributed by atoms with van der Waals surface area (Å²) in [4.78, 5) is 11.5. The number of nitrogens with one attached hydrogen (secondary N) is 1. The van der Waals surface area contributed by atoms with Gasteiger partial charge in [0.2, 0.25) is 0 Å². The standard InChI is InChI=1S/C17H15NO2/c1-2-20-17(19)18-16-11-7-6-10-15(16)13-12-14-8-4-3-5-9-14/h3-11H,2H2,1H3,(H,18,19). The molecule has 2 aromatic rings. The topological polar surface area (TPSA) is 38.3 Å². The van der Waals surface area contributed by atoms with Gasteiger partial charge in [-0.25, -0.2) is 4.79 Å². The molecule has 100 valence electrons. The summed E-state index contributed by atoms with van der Waals surface area (Å²) < 4.78 is 4.87. The van der Waals surface area contributed by atoms with E-state index >= 15 is 0 Å². The van der Waals surface area contributed by atoms with Crippen LogP contribution in [0.1, 0.15) is 18.1 Å². The average Bonchev–Trinajstić information content (AvgIpc) is 2.48. The highest BCUT2D eigenvalue weighted by molar-refractivity contribution is 5.86. The minimum Gasteiger partial charge on any atom is -0.450 e. The maximum atomic E-state index is 11.5. The van der Waals surface area contributed by atoms with Gasteiger partial charge in [0.05, 0.1) is 12.3 Å². The Morgan fingerprint density at radius 2 is 1.75 bits per heavy atom. The number of carbonyl (C=O) groups is 1. The molecule has 0 aromatic heterocycles. The molecular weight excluding hydrogens is 250 g/mol. The van der Waals surface area contributed by atoms with Crippen LogP contribution in [-0.2, 0) is 4.74 Å². The molecule has 0 saturated carbocycles. The minimum absolute atomic E-state index is 0.337. The van der Waals surface area contributed by atoms with E-state index in [4.69, 9.17) is 4.74 Å². The van der Waals surface area contributed by atoms with Gasteiger partial charge in [-0.2, -0.15) is 0 Å².